The van der Waals surface area contributed by atoms with Crippen molar-refractivity contribution in [2.45, 2.75) is 77.2 Å². The zero-order chi connectivity index (χ0) is 26.6. The molecule has 0 saturated carbocycles. The molecular formula is C30H42BrNO3Si. The summed E-state index contributed by atoms with van der Waals surface area (Å²) in [7, 11) is -2.73. The molecule has 36 heavy (non-hydrogen) atoms. The Hall–Kier alpha value is -1.89. The summed E-state index contributed by atoms with van der Waals surface area (Å²) in [6.07, 6.45) is 3.26. The molecule has 3 rings (SSSR count). The van der Waals surface area contributed by atoms with Crippen LogP contribution in [-0.4, -0.2) is 48.9 Å². The van der Waals surface area contributed by atoms with Crippen LogP contribution in [0.25, 0.3) is 0 Å². The lowest BCUT2D eigenvalue weighted by Crippen LogP contribution is -2.67. The maximum absolute atomic E-state index is 13.4. The summed E-state index contributed by atoms with van der Waals surface area (Å²) < 4.78 is 13.2. The van der Waals surface area contributed by atoms with Crippen LogP contribution in [0.3, 0.4) is 0 Å². The Morgan fingerprint density at radius 2 is 1.58 bits per heavy atom. The summed E-state index contributed by atoms with van der Waals surface area (Å²) >= 11 is 3.59. The van der Waals surface area contributed by atoms with Gasteiger partial charge in [-0.3, -0.25) is 0 Å². The molecule has 2 aromatic rings. The molecule has 4 nitrogen and oxygen atoms in total. The lowest BCUT2D eigenvalue weighted by atomic mass is 9.95. The Morgan fingerprint density at radius 1 is 1.06 bits per heavy atom. The van der Waals surface area contributed by atoms with Gasteiger partial charge in [0.2, 0.25) is 0 Å². The van der Waals surface area contributed by atoms with Crippen LogP contribution in [0.2, 0.25) is 5.04 Å². The molecule has 1 unspecified atom stereocenters. The number of ether oxygens (including phenoxy) is 1. The number of rotatable bonds is 8. The molecule has 1 aliphatic heterocycles. The van der Waals surface area contributed by atoms with E-state index in [0.29, 0.717) is 6.54 Å². The quantitative estimate of drug-likeness (QED) is 0.205. The van der Waals surface area contributed by atoms with E-state index in [1.807, 2.05) is 31.7 Å². The zero-order valence-corrected chi connectivity index (χ0v) is 25.3. The molecule has 196 valence electrons. The molecule has 1 aliphatic rings. The van der Waals surface area contributed by atoms with E-state index in [4.69, 9.17) is 9.16 Å². The minimum atomic E-state index is -2.73. The van der Waals surface area contributed by atoms with Gasteiger partial charge in [0.15, 0.2) is 0 Å². The highest BCUT2D eigenvalue weighted by Gasteiger charge is 2.53. The molecule has 1 heterocycles. The lowest BCUT2D eigenvalue weighted by Gasteiger charge is -2.44. The SMILES string of the molecule is C=CC(CCBr)[C@H]1C[C@@H](O[Si](c2ccccc2)(c2ccccc2)C(C)(C)C)CN1C(=O)OC(C)(C)C. The summed E-state index contributed by atoms with van der Waals surface area (Å²) in [4.78, 5) is 15.2. The number of carbonyl (C=O) groups is 1. The molecule has 0 aliphatic carbocycles. The molecule has 2 aromatic carbocycles. The Balaban J connectivity index is 2.06. The number of amides is 1. The molecule has 0 radical (unpaired) electrons. The van der Waals surface area contributed by atoms with Crippen molar-refractivity contribution < 1.29 is 14.0 Å². The van der Waals surface area contributed by atoms with Gasteiger partial charge in [0.25, 0.3) is 8.32 Å². The summed E-state index contributed by atoms with van der Waals surface area (Å²) in [6.45, 7) is 17.2. The van der Waals surface area contributed by atoms with E-state index in [-0.39, 0.29) is 29.2 Å². The van der Waals surface area contributed by atoms with Crippen molar-refractivity contribution in [3.8, 4) is 0 Å². The number of benzene rings is 2. The van der Waals surface area contributed by atoms with Crippen molar-refractivity contribution in [1.29, 1.82) is 0 Å². The minimum Gasteiger partial charge on any atom is -0.444 e. The number of hydrogen-bond acceptors (Lipinski definition) is 3. The third-order valence-corrected chi connectivity index (χ3v) is 12.5. The van der Waals surface area contributed by atoms with Crippen molar-refractivity contribution in [3.05, 3.63) is 73.3 Å². The van der Waals surface area contributed by atoms with E-state index in [9.17, 15) is 4.79 Å². The van der Waals surface area contributed by atoms with Crippen LogP contribution < -0.4 is 10.4 Å². The van der Waals surface area contributed by atoms with Gasteiger partial charge in [0.05, 0.1) is 6.10 Å². The van der Waals surface area contributed by atoms with Crippen molar-refractivity contribution >= 4 is 40.7 Å². The molecule has 1 amide bonds. The van der Waals surface area contributed by atoms with Crippen molar-refractivity contribution in [3.63, 3.8) is 0 Å². The average Bonchev–Trinajstić information content (AvgIpc) is 3.24. The summed E-state index contributed by atoms with van der Waals surface area (Å²) in [5, 5.41) is 3.22. The van der Waals surface area contributed by atoms with E-state index in [1.165, 1.54) is 10.4 Å². The Labute approximate surface area is 227 Å². The van der Waals surface area contributed by atoms with Crippen LogP contribution in [0.15, 0.2) is 73.3 Å². The van der Waals surface area contributed by atoms with E-state index in [1.54, 1.807) is 0 Å². The summed E-state index contributed by atoms with van der Waals surface area (Å²) in [5.41, 5.74) is -0.558. The topological polar surface area (TPSA) is 38.8 Å². The van der Waals surface area contributed by atoms with Gasteiger partial charge < -0.3 is 14.1 Å². The Kier molecular flexibility index (Phi) is 9.29. The Morgan fingerprint density at radius 3 is 2.00 bits per heavy atom. The third kappa shape index (κ3) is 6.32. The number of alkyl halides is 1. The number of nitrogens with zero attached hydrogens (tertiary/aromatic N) is 1. The average molecular weight is 573 g/mol. The normalized spacial score (nSPS) is 19.7. The minimum absolute atomic E-state index is 0.0156. The van der Waals surface area contributed by atoms with Gasteiger partial charge in [-0.2, -0.15) is 0 Å². The predicted octanol–water partition coefficient (Wildman–Crippen LogP) is 6.53. The van der Waals surface area contributed by atoms with Gasteiger partial charge >= 0.3 is 6.09 Å². The summed E-state index contributed by atoms with van der Waals surface area (Å²) in [6, 6.07) is 21.3. The van der Waals surface area contributed by atoms with Crippen LogP contribution in [0, 0.1) is 5.92 Å². The second-order valence-corrected chi connectivity index (χ2v) is 16.8. The third-order valence-electron chi connectivity index (χ3n) is 6.93. The number of likely N-dealkylation sites (tertiary alicyclic amines) is 1. The van der Waals surface area contributed by atoms with E-state index in [2.05, 4.69) is 104 Å². The van der Waals surface area contributed by atoms with Gasteiger partial charge in [0.1, 0.15) is 5.60 Å². The zero-order valence-electron chi connectivity index (χ0n) is 22.7. The predicted molar refractivity (Wildman–Crippen MR) is 156 cm³/mol. The number of carbonyl (C=O) groups excluding carboxylic acids is 1. The Bertz CT molecular complexity index is 961. The maximum atomic E-state index is 13.4. The molecule has 1 fully saturated rings. The fraction of sp³-hybridized carbons (Fsp3) is 0.500. The molecular weight excluding hydrogens is 530 g/mol. The largest absolute Gasteiger partial charge is 0.444 e. The molecule has 0 aromatic heterocycles. The van der Waals surface area contributed by atoms with Gasteiger partial charge in [-0.05, 0) is 54.9 Å². The first-order valence-corrected chi connectivity index (χ1v) is 15.9. The maximum Gasteiger partial charge on any atom is 0.410 e. The lowest BCUT2D eigenvalue weighted by molar-refractivity contribution is 0.0181. The standard InChI is InChI=1S/C30H42BrNO3Si/c1-8-23(19-20-31)27-21-24(22-32(27)28(33)34-29(2,3)4)35-36(30(5,6)7,25-15-11-9-12-16-25)26-17-13-10-14-18-26/h8-18,23-24,27H,1,19-22H2,2-7H3/t23?,24-,27-/m1/s1. The molecule has 0 N–H and O–H groups in total. The van der Waals surface area contributed by atoms with E-state index < -0.39 is 13.9 Å². The smallest absolute Gasteiger partial charge is 0.410 e. The van der Waals surface area contributed by atoms with E-state index in [0.717, 1.165) is 18.2 Å². The van der Waals surface area contributed by atoms with Crippen molar-refractivity contribution in [2.75, 3.05) is 11.9 Å². The van der Waals surface area contributed by atoms with Crippen LogP contribution >= 0.6 is 15.9 Å². The number of hydrogen-bond donors (Lipinski definition) is 0. The second kappa shape index (κ2) is 11.7. The summed E-state index contributed by atoms with van der Waals surface area (Å²) in [5.74, 6) is 0.157. The number of halogens is 1. The van der Waals surface area contributed by atoms with Crippen molar-refractivity contribution in [2.24, 2.45) is 5.92 Å². The molecule has 0 bridgehead atoms. The van der Waals surface area contributed by atoms with Gasteiger partial charge in [-0.15, -0.1) is 6.58 Å². The first kappa shape index (κ1) is 28.7. The molecule has 1 saturated heterocycles. The fourth-order valence-corrected chi connectivity index (χ4v) is 10.6. The highest BCUT2D eigenvalue weighted by Crippen LogP contribution is 2.40. The molecule has 6 heteroatoms. The first-order valence-electron chi connectivity index (χ1n) is 12.9. The monoisotopic (exact) mass is 571 g/mol. The van der Waals surface area contributed by atoms with Crippen LogP contribution in [0.4, 0.5) is 4.79 Å². The second-order valence-electron chi connectivity index (χ2n) is 11.7. The van der Waals surface area contributed by atoms with Crippen LogP contribution in [-0.2, 0) is 9.16 Å². The highest BCUT2D eigenvalue weighted by atomic mass is 79.9. The van der Waals surface area contributed by atoms with E-state index >= 15 is 0 Å². The highest BCUT2D eigenvalue weighted by molar-refractivity contribution is 9.09. The van der Waals surface area contributed by atoms with Gasteiger partial charge in [-0.25, -0.2) is 4.79 Å². The van der Waals surface area contributed by atoms with Gasteiger partial charge in [-0.1, -0.05) is 103 Å². The van der Waals surface area contributed by atoms with Crippen molar-refractivity contribution in [1.82, 2.24) is 4.90 Å². The van der Waals surface area contributed by atoms with Crippen LogP contribution in [0.5, 0.6) is 0 Å². The first-order chi connectivity index (χ1) is 16.9. The molecule has 0 spiro atoms. The van der Waals surface area contributed by atoms with Gasteiger partial charge in [0, 0.05) is 17.9 Å². The van der Waals surface area contributed by atoms with Crippen LogP contribution in [0.1, 0.15) is 54.4 Å². The fourth-order valence-electron chi connectivity index (χ4n) is 5.38. The molecule has 3 atom stereocenters.